The number of nitrogens with zero attached hydrogens (tertiary/aromatic N) is 2. The van der Waals surface area contributed by atoms with E-state index in [1.165, 1.54) is 11.3 Å². The normalized spacial score (nSPS) is 10.1. The van der Waals surface area contributed by atoms with Gasteiger partial charge in [0.1, 0.15) is 5.75 Å². The average Bonchev–Trinajstić information content (AvgIpc) is 2.95. The number of rotatable bonds is 6. The molecule has 20 heavy (non-hydrogen) atoms. The number of amides is 1. The molecule has 0 saturated carbocycles. The summed E-state index contributed by atoms with van der Waals surface area (Å²) in [4.78, 5) is 12.0. The molecule has 0 fully saturated rings. The van der Waals surface area contributed by atoms with Crippen LogP contribution in [0.2, 0.25) is 0 Å². The van der Waals surface area contributed by atoms with Crippen LogP contribution in [0.5, 0.6) is 5.75 Å². The van der Waals surface area contributed by atoms with Crippen LogP contribution < -0.4 is 15.4 Å². The lowest BCUT2D eigenvalue weighted by Gasteiger charge is -2.03. The fraction of sp³-hybridized carbons (Fsp3) is 0.308. The van der Waals surface area contributed by atoms with E-state index in [0.717, 1.165) is 18.7 Å². The maximum atomic E-state index is 12.0. The van der Waals surface area contributed by atoms with E-state index in [0.29, 0.717) is 15.8 Å². The number of carbonyl (C=O) groups excluding carboxylic acids is 1. The zero-order valence-corrected chi connectivity index (χ0v) is 12.2. The molecule has 0 aliphatic carbocycles. The number of anilines is 2. The minimum absolute atomic E-state index is 0.266. The van der Waals surface area contributed by atoms with Crippen molar-refractivity contribution < 1.29 is 9.53 Å². The monoisotopic (exact) mass is 292 g/mol. The van der Waals surface area contributed by atoms with Gasteiger partial charge in [0.25, 0.3) is 5.91 Å². The van der Waals surface area contributed by atoms with Gasteiger partial charge in [0.05, 0.1) is 7.11 Å². The van der Waals surface area contributed by atoms with Gasteiger partial charge in [-0.25, -0.2) is 0 Å². The molecule has 2 rings (SSSR count). The van der Waals surface area contributed by atoms with Gasteiger partial charge < -0.3 is 15.4 Å². The van der Waals surface area contributed by atoms with Crippen LogP contribution in [-0.2, 0) is 0 Å². The zero-order chi connectivity index (χ0) is 14.4. The van der Waals surface area contributed by atoms with Crippen molar-refractivity contribution in [3.63, 3.8) is 0 Å². The summed E-state index contributed by atoms with van der Waals surface area (Å²) in [5.74, 6) is 0.474. The Morgan fingerprint density at radius 1 is 1.30 bits per heavy atom. The van der Waals surface area contributed by atoms with Crippen LogP contribution in [0.1, 0.15) is 23.1 Å². The summed E-state index contributed by atoms with van der Waals surface area (Å²) in [6.45, 7) is 2.88. The Morgan fingerprint density at radius 3 is 2.70 bits per heavy atom. The number of carbonyl (C=O) groups is 1. The molecular weight excluding hydrogens is 276 g/mol. The van der Waals surface area contributed by atoms with Gasteiger partial charge in [-0.05, 0) is 30.7 Å². The molecule has 2 N–H and O–H groups in total. The first-order valence-corrected chi connectivity index (χ1v) is 7.07. The second-order valence-corrected chi connectivity index (χ2v) is 5.00. The topological polar surface area (TPSA) is 76.1 Å². The molecule has 0 aliphatic rings. The third-order valence-electron chi connectivity index (χ3n) is 2.49. The van der Waals surface area contributed by atoms with Gasteiger partial charge in [0, 0.05) is 12.2 Å². The molecule has 2 aromatic rings. The Balaban J connectivity index is 1.98. The first-order valence-electron chi connectivity index (χ1n) is 6.25. The van der Waals surface area contributed by atoms with Crippen LogP contribution in [0.4, 0.5) is 10.8 Å². The van der Waals surface area contributed by atoms with Crippen molar-refractivity contribution in [2.75, 3.05) is 24.3 Å². The Morgan fingerprint density at radius 2 is 2.05 bits per heavy atom. The number of hydrogen-bond acceptors (Lipinski definition) is 6. The SMILES string of the molecule is CCCNc1nnc(C(=O)Nc2ccc(OC)cc2)s1. The molecule has 0 radical (unpaired) electrons. The van der Waals surface area contributed by atoms with E-state index in [9.17, 15) is 4.79 Å². The van der Waals surface area contributed by atoms with Crippen LogP contribution in [0.3, 0.4) is 0 Å². The standard InChI is InChI=1S/C13H16N4O2S/c1-3-8-14-13-17-16-12(20-13)11(18)15-9-4-6-10(19-2)7-5-9/h4-7H,3,8H2,1-2H3,(H,14,17)(H,15,18). The molecule has 0 atom stereocenters. The van der Waals surface area contributed by atoms with Crippen molar-refractivity contribution in [2.24, 2.45) is 0 Å². The first-order chi connectivity index (χ1) is 9.72. The van der Waals surface area contributed by atoms with Crippen molar-refractivity contribution in [1.82, 2.24) is 10.2 Å². The molecule has 1 amide bonds. The van der Waals surface area contributed by atoms with E-state index in [2.05, 4.69) is 27.8 Å². The number of nitrogens with one attached hydrogen (secondary N) is 2. The third-order valence-corrected chi connectivity index (χ3v) is 3.37. The Bertz CT molecular complexity index is 568. The maximum absolute atomic E-state index is 12.0. The summed E-state index contributed by atoms with van der Waals surface area (Å²) in [6, 6.07) is 7.11. The van der Waals surface area contributed by atoms with E-state index >= 15 is 0 Å². The van der Waals surface area contributed by atoms with Gasteiger partial charge in [0.15, 0.2) is 0 Å². The second kappa shape index (κ2) is 6.85. The minimum atomic E-state index is -0.266. The van der Waals surface area contributed by atoms with E-state index in [4.69, 9.17) is 4.74 Å². The maximum Gasteiger partial charge on any atom is 0.286 e. The van der Waals surface area contributed by atoms with Gasteiger partial charge >= 0.3 is 0 Å². The fourth-order valence-corrected chi connectivity index (χ4v) is 2.14. The Hall–Kier alpha value is -2.15. The molecule has 1 heterocycles. The van der Waals surface area contributed by atoms with Crippen LogP contribution >= 0.6 is 11.3 Å². The predicted molar refractivity (Wildman–Crippen MR) is 79.6 cm³/mol. The molecule has 0 bridgehead atoms. The Kier molecular flexibility index (Phi) is 4.89. The first kappa shape index (κ1) is 14.3. The smallest absolute Gasteiger partial charge is 0.286 e. The van der Waals surface area contributed by atoms with Crippen molar-refractivity contribution in [3.8, 4) is 5.75 Å². The largest absolute Gasteiger partial charge is 0.497 e. The van der Waals surface area contributed by atoms with Gasteiger partial charge in [-0.3, -0.25) is 4.79 Å². The molecule has 0 saturated heterocycles. The summed E-state index contributed by atoms with van der Waals surface area (Å²) >= 11 is 1.24. The van der Waals surface area contributed by atoms with Crippen LogP contribution in [0.25, 0.3) is 0 Å². The van der Waals surface area contributed by atoms with Gasteiger partial charge in [-0.1, -0.05) is 18.3 Å². The highest BCUT2D eigenvalue weighted by atomic mass is 32.1. The fourth-order valence-electron chi connectivity index (χ4n) is 1.48. The highest BCUT2D eigenvalue weighted by Gasteiger charge is 2.12. The molecule has 0 unspecified atom stereocenters. The number of benzene rings is 1. The van der Waals surface area contributed by atoms with E-state index < -0.39 is 0 Å². The summed E-state index contributed by atoms with van der Waals surface area (Å²) in [7, 11) is 1.60. The number of ether oxygens (including phenoxy) is 1. The summed E-state index contributed by atoms with van der Waals surface area (Å²) in [6.07, 6.45) is 0.993. The number of hydrogen-bond donors (Lipinski definition) is 2. The lowest BCUT2D eigenvalue weighted by molar-refractivity contribution is 0.102. The van der Waals surface area contributed by atoms with Crippen LogP contribution in [0, 0.1) is 0 Å². The second-order valence-electron chi connectivity index (χ2n) is 4.02. The molecule has 6 nitrogen and oxygen atoms in total. The summed E-state index contributed by atoms with van der Waals surface area (Å²) in [5, 5.41) is 14.6. The lowest BCUT2D eigenvalue weighted by atomic mass is 10.3. The highest BCUT2D eigenvalue weighted by Crippen LogP contribution is 2.18. The molecule has 1 aromatic heterocycles. The molecule has 7 heteroatoms. The predicted octanol–water partition coefficient (Wildman–Crippen LogP) is 2.62. The van der Waals surface area contributed by atoms with Crippen LogP contribution in [0.15, 0.2) is 24.3 Å². The minimum Gasteiger partial charge on any atom is -0.497 e. The molecule has 1 aromatic carbocycles. The Labute approximate surface area is 121 Å². The molecule has 0 aliphatic heterocycles. The van der Waals surface area contributed by atoms with Crippen LogP contribution in [-0.4, -0.2) is 29.8 Å². The van der Waals surface area contributed by atoms with Crippen molar-refractivity contribution >= 4 is 28.1 Å². The van der Waals surface area contributed by atoms with Crippen molar-refractivity contribution in [1.29, 1.82) is 0 Å². The quantitative estimate of drug-likeness (QED) is 0.856. The number of methoxy groups -OCH3 is 1. The highest BCUT2D eigenvalue weighted by molar-refractivity contribution is 7.17. The van der Waals surface area contributed by atoms with E-state index in [-0.39, 0.29) is 5.91 Å². The molecule has 0 spiro atoms. The van der Waals surface area contributed by atoms with Gasteiger partial charge in [-0.15, -0.1) is 10.2 Å². The van der Waals surface area contributed by atoms with E-state index in [1.807, 2.05) is 0 Å². The van der Waals surface area contributed by atoms with Crippen molar-refractivity contribution in [3.05, 3.63) is 29.3 Å². The lowest BCUT2D eigenvalue weighted by Crippen LogP contribution is -2.11. The summed E-state index contributed by atoms with van der Waals surface area (Å²) < 4.78 is 5.06. The number of aromatic nitrogens is 2. The van der Waals surface area contributed by atoms with E-state index in [1.54, 1.807) is 31.4 Å². The van der Waals surface area contributed by atoms with Gasteiger partial charge in [-0.2, -0.15) is 0 Å². The van der Waals surface area contributed by atoms with Crippen molar-refractivity contribution in [2.45, 2.75) is 13.3 Å². The summed E-state index contributed by atoms with van der Waals surface area (Å²) in [5.41, 5.74) is 0.689. The molecule has 106 valence electrons. The average molecular weight is 292 g/mol. The van der Waals surface area contributed by atoms with Gasteiger partial charge in [0.2, 0.25) is 10.1 Å². The third kappa shape index (κ3) is 3.67. The zero-order valence-electron chi connectivity index (χ0n) is 11.3. The molecular formula is C13H16N4O2S.